The van der Waals surface area contributed by atoms with Crippen molar-refractivity contribution in [2.24, 2.45) is 0 Å². The monoisotopic (exact) mass is 276 g/mol. The van der Waals surface area contributed by atoms with E-state index in [9.17, 15) is 30.4 Å². The zero-order valence-electron chi connectivity index (χ0n) is 7.96. The highest BCUT2D eigenvalue weighted by Gasteiger charge is 2.32. The lowest BCUT2D eigenvalue weighted by molar-refractivity contribution is -0.152. The van der Waals surface area contributed by atoms with Crippen LogP contribution in [0.2, 0.25) is 0 Å². The molecule has 0 aliphatic rings. The van der Waals surface area contributed by atoms with Crippen molar-refractivity contribution in [1.82, 2.24) is 0 Å². The molecule has 0 unspecified atom stereocenters. The van der Waals surface area contributed by atoms with Crippen molar-refractivity contribution in [3.63, 3.8) is 0 Å². The molecule has 0 aliphatic heterocycles. The molecule has 9 heteroatoms. The molecule has 0 aliphatic carbocycles. The summed E-state index contributed by atoms with van der Waals surface area (Å²) in [5.41, 5.74) is 0. The molecule has 96 valence electrons. The van der Waals surface area contributed by atoms with Crippen molar-refractivity contribution in [3.8, 4) is 0 Å². The van der Waals surface area contributed by atoms with E-state index >= 15 is 0 Å². The highest BCUT2D eigenvalue weighted by Crippen LogP contribution is 2.22. The van der Waals surface area contributed by atoms with E-state index in [4.69, 9.17) is 0 Å². The van der Waals surface area contributed by atoms with E-state index in [1.807, 2.05) is 0 Å². The summed E-state index contributed by atoms with van der Waals surface area (Å²) < 4.78 is 86.6. The van der Waals surface area contributed by atoms with Gasteiger partial charge in [0.25, 0.3) is 10.1 Å². The second kappa shape index (κ2) is 4.57. The van der Waals surface area contributed by atoms with Gasteiger partial charge >= 0.3 is 6.18 Å². The highest BCUT2D eigenvalue weighted by atomic mass is 32.2. The fraction of sp³-hybridized carbons (Fsp3) is 0.250. The van der Waals surface area contributed by atoms with Gasteiger partial charge in [-0.15, -0.1) is 0 Å². The van der Waals surface area contributed by atoms with Gasteiger partial charge in [-0.2, -0.15) is 21.6 Å². The Morgan fingerprint density at radius 2 is 1.76 bits per heavy atom. The molecule has 0 bridgehead atoms. The average Bonchev–Trinajstić information content (AvgIpc) is 2.18. The first-order valence-electron chi connectivity index (χ1n) is 4.04. The van der Waals surface area contributed by atoms with Crippen molar-refractivity contribution < 1.29 is 34.6 Å². The molecule has 1 aromatic rings. The molecular weight excluding hydrogens is 271 g/mol. The molecule has 0 atom stereocenters. The topological polar surface area (TPSA) is 43.4 Å². The first-order valence-corrected chi connectivity index (χ1v) is 5.44. The van der Waals surface area contributed by atoms with Crippen molar-refractivity contribution in [3.05, 3.63) is 29.8 Å². The van der Waals surface area contributed by atoms with Crippen LogP contribution in [-0.4, -0.2) is 21.2 Å². The van der Waals surface area contributed by atoms with E-state index in [0.29, 0.717) is 12.1 Å². The Labute approximate surface area is 92.9 Å². The first-order chi connectivity index (χ1) is 7.63. The minimum Gasteiger partial charge on any atom is -0.257 e. The summed E-state index contributed by atoms with van der Waals surface area (Å²) in [6.45, 7) is -2.11. The fourth-order valence-electron chi connectivity index (χ4n) is 0.885. The third-order valence-electron chi connectivity index (χ3n) is 1.56. The van der Waals surface area contributed by atoms with E-state index in [0.717, 1.165) is 6.07 Å². The number of alkyl halides is 3. The SMILES string of the molecule is O=S(=O)(OCC(F)(F)F)c1cccc(F)c1F. The molecular formula is C8H5F5O3S. The lowest BCUT2D eigenvalue weighted by Gasteiger charge is -2.08. The molecule has 1 rings (SSSR count). The van der Waals surface area contributed by atoms with Gasteiger partial charge < -0.3 is 0 Å². The molecule has 3 nitrogen and oxygen atoms in total. The predicted molar refractivity (Wildman–Crippen MR) is 45.6 cm³/mol. The second-order valence-corrected chi connectivity index (χ2v) is 4.47. The van der Waals surface area contributed by atoms with Gasteiger partial charge in [0, 0.05) is 0 Å². The second-order valence-electron chi connectivity index (χ2n) is 2.88. The Morgan fingerprint density at radius 3 is 2.29 bits per heavy atom. The number of halogens is 5. The van der Waals surface area contributed by atoms with Gasteiger partial charge in [-0.1, -0.05) is 6.07 Å². The van der Waals surface area contributed by atoms with Gasteiger partial charge in [-0.05, 0) is 12.1 Å². The first kappa shape index (κ1) is 13.8. The molecule has 0 amide bonds. The van der Waals surface area contributed by atoms with E-state index in [2.05, 4.69) is 4.18 Å². The summed E-state index contributed by atoms with van der Waals surface area (Å²) in [5.74, 6) is -3.28. The Hall–Kier alpha value is -1.22. The normalized spacial score (nSPS) is 12.8. The van der Waals surface area contributed by atoms with Gasteiger partial charge in [0.1, 0.15) is 4.90 Å². The smallest absolute Gasteiger partial charge is 0.257 e. The molecule has 0 radical (unpaired) electrons. The van der Waals surface area contributed by atoms with Crippen LogP contribution in [0, 0.1) is 11.6 Å². The highest BCUT2D eigenvalue weighted by molar-refractivity contribution is 7.86. The van der Waals surface area contributed by atoms with Crippen molar-refractivity contribution >= 4 is 10.1 Å². The van der Waals surface area contributed by atoms with Gasteiger partial charge in [0.2, 0.25) is 0 Å². The largest absolute Gasteiger partial charge is 0.413 e. The van der Waals surface area contributed by atoms with Crippen LogP contribution in [0.5, 0.6) is 0 Å². The summed E-state index contributed by atoms with van der Waals surface area (Å²) in [7, 11) is -4.98. The Kier molecular flexibility index (Phi) is 3.72. The number of benzene rings is 1. The third kappa shape index (κ3) is 3.63. The van der Waals surface area contributed by atoms with E-state index in [-0.39, 0.29) is 0 Å². The number of rotatable bonds is 3. The number of hydrogen-bond acceptors (Lipinski definition) is 3. The molecule has 0 N–H and O–H groups in total. The third-order valence-corrected chi connectivity index (χ3v) is 2.85. The Bertz CT molecular complexity index is 508. The molecule has 0 saturated carbocycles. The maximum atomic E-state index is 13.0. The van der Waals surface area contributed by atoms with Gasteiger partial charge in [0.05, 0.1) is 0 Å². The van der Waals surface area contributed by atoms with Crippen molar-refractivity contribution in [1.29, 1.82) is 0 Å². The van der Waals surface area contributed by atoms with Crippen LogP contribution >= 0.6 is 0 Å². The standard InChI is InChI=1S/C8H5F5O3S/c9-5-2-1-3-6(7(5)10)17(14,15)16-4-8(11,12)13/h1-3H,4H2. The molecule has 0 saturated heterocycles. The van der Waals surface area contributed by atoms with Crippen molar-refractivity contribution in [2.45, 2.75) is 11.1 Å². The summed E-state index contributed by atoms with van der Waals surface area (Å²) in [5, 5.41) is 0. The van der Waals surface area contributed by atoms with Crippen molar-refractivity contribution in [2.75, 3.05) is 6.61 Å². The molecule has 1 aromatic carbocycles. The lowest BCUT2D eigenvalue weighted by atomic mass is 10.3. The molecule has 0 aromatic heterocycles. The summed E-state index contributed by atoms with van der Waals surface area (Å²) in [4.78, 5) is -1.28. The van der Waals surface area contributed by atoms with Crippen LogP contribution in [0.4, 0.5) is 22.0 Å². The van der Waals surface area contributed by atoms with Gasteiger partial charge in [-0.25, -0.2) is 8.78 Å². The van der Waals surface area contributed by atoms with Crippen LogP contribution in [0.15, 0.2) is 23.1 Å². The van der Waals surface area contributed by atoms with Crippen LogP contribution in [-0.2, 0) is 14.3 Å². The molecule has 0 spiro atoms. The fourth-order valence-corrected chi connectivity index (χ4v) is 1.86. The average molecular weight is 276 g/mol. The van der Waals surface area contributed by atoms with E-state index < -0.39 is 39.4 Å². The predicted octanol–water partition coefficient (Wildman–Crippen LogP) is 2.23. The van der Waals surface area contributed by atoms with Crippen LogP contribution in [0.1, 0.15) is 0 Å². The van der Waals surface area contributed by atoms with Crippen LogP contribution < -0.4 is 0 Å². The van der Waals surface area contributed by atoms with E-state index in [1.165, 1.54) is 0 Å². The Balaban J connectivity index is 3.02. The summed E-state index contributed by atoms with van der Waals surface area (Å²) in [6.07, 6.45) is -4.89. The molecule has 17 heavy (non-hydrogen) atoms. The minimum atomic E-state index is -4.98. The van der Waals surface area contributed by atoms with Gasteiger partial charge in [0.15, 0.2) is 18.2 Å². The van der Waals surface area contributed by atoms with E-state index in [1.54, 1.807) is 0 Å². The van der Waals surface area contributed by atoms with Crippen LogP contribution in [0.25, 0.3) is 0 Å². The molecule has 0 heterocycles. The number of hydrogen-bond donors (Lipinski definition) is 0. The van der Waals surface area contributed by atoms with Crippen LogP contribution in [0.3, 0.4) is 0 Å². The zero-order chi connectivity index (χ0) is 13.3. The summed E-state index contributed by atoms with van der Waals surface area (Å²) in [6, 6.07) is 2.06. The summed E-state index contributed by atoms with van der Waals surface area (Å²) >= 11 is 0. The lowest BCUT2D eigenvalue weighted by Crippen LogP contribution is -2.21. The Morgan fingerprint density at radius 1 is 1.18 bits per heavy atom. The van der Waals surface area contributed by atoms with Gasteiger partial charge in [-0.3, -0.25) is 4.18 Å². The quantitative estimate of drug-likeness (QED) is 0.628. The molecule has 0 fully saturated rings. The maximum absolute atomic E-state index is 13.0. The maximum Gasteiger partial charge on any atom is 0.413 e. The minimum absolute atomic E-state index is 0.601. The zero-order valence-corrected chi connectivity index (χ0v) is 8.78.